The predicted octanol–water partition coefficient (Wildman–Crippen LogP) is 6.15. The molecule has 0 spiro atoms. The number of anilines is 2. The van der Waals surface area contributed by atoms with Gasteiger partial charge in [-0.2, -0.15) is 5.10 Å². The van der Waals surface area contributed by atoms with Crippen molar-refractivity contribution in [2.24, 2.45) is 5.10 Å². The fourth-order valence-electron chi connectivity index (χ4n) is 5.25. The summed E-state index contributed by atoms with van der Waals surface area (Å²) in [4.78, 5) is 34.1. The van der Waals surface area contributed by atoms with Gasteiger partial charge < -0.3 is 20.5 Å². The average Bonchev–Trinajstić information content (AvgIpc) is 3.59. The Morgan fingerprint density at radius 2 is 1.58 bits per heavy atom. The van der Waals surface area contributed by atoms with Crippen LogP contribution in [0.3, 0.4) is 0 Å². The van der Waals surface area contributed by atoms with Crippen LogP contribution in [0.5, 0.6) is 11.5 Å². The molecule has 1 fully saturated rings. The first-order chi connectivity index (χ1) is 24.4. The number of halogens is 1. The van der Waals surface area contributed by atoms with Crippen molar-refractivity contribution in [2.75, 3.05) is 43.4 Å². The van der Waals surface area contributed by atoms with Gasteiger partial charge in [-0.3, -0.25) is 14.6 Å². The van der Waals surface area contributed by atoms with Gasteiger partial charge in [0.15, 0.2) is 0 Å². The second-order valence-corrected chi connectivity index (χ2v) is 12.5. The SMILES string of the molecule is O=C(CN1CCN(Cc2csc(-c3ccc(NC(=O)Nc4ccc(F)cc4)cc3)n2)CC1)N/N=C/c1cc(OCc2ccccc2)ccc1O. The van der Waals surface area contributed by atoms with Crippen LogP contribution in [-0.2, 0) is 17.9 Å². The van der Waals surface area contributed by atoms with E-state index < -0.39 is 6.03 Å². The number of carbonyl (C=O) groups is 2. The van der Waals surface area contributed by atoms with E-state index in [0.29, 0.717) is 35.8 Å². The number of hydrogen-bond acceptors (Lipinski definition) is 9. The van der Waals surface area contributed by atoms with Crippen LogP contribution in [0.25, 0.3) is 10.6 Å². The number of urea groups is 1. The third-order valence-electron chi connectivity index (χ3n) is 7.90. The Labute approximate surface area is 293 Å². The molecule has 1 aromatic heterocycles. The van der Waals surface area contributed by atoms with Crippen LogP contribution < -0.4 is 20.8 Å². The number of aromatic hydroxyl groups is 1. The van der Waals surface area contributed by atoms with Crippen molar-refractivity contribution >= 4 is 40.9 Å². The Kier molecular flexibility index (Phi) is 11.4. The topological polar surface area (TPSA) is 131 Å². The number of nitrogens with one attached hydrogen (secondary N) is 3. The van der Waals surface area contributed by atoms with Crippen molar-refractivity contribution in [3.05, 3.63) is 125 Å². The van der Waals surface area contributed by atoms with Gasteiger partial charge in [-0.1, -0.05) is 30.3 Å². The summed E-state index contributed by atoms with van der Waals surface area (Å²) < 4.78 is 18.9. The molecule has 4 N–H and O–H groups in total. The third kappa shape index (κ3) is 9.95. The zero-order valence-corrected chi connectivity index (χ0v) is 27.9. The molecule has 0 radical (unpaired) electrons. The number of thiazole rings is 1. The fourth-order valence-corrected chi connectivity index (χ4v) is 6.07. The van der Waals surface area contributed by atoms with Crippen LogP contribution in [-0.4, -0.2) is 70.8 Å². The van der Waals surface area contributed by atoms with E-state index in [9.17, 15) is 19.1 Å². The molecule has 0 bridgehead atoms. The van der Waals surface area contributed by atoms with E-state index in [1.54, 1.807) is 23.5 Å². The zero-order chi connectivity index (χ0) is 34.7. The van der Waals surface area contributed by atoms with Crippen molar-refractivity contribution in [1.29, 1.82) is 0 Å². The van der Waals surface area contributed by atoms with Gasteiger partial charge in [-0.25, -0.2) is 19.6 Å². The number of hydrazone groups is 1. The second kappa shape index (κ2) is 16.7. The minimum absolute atomic E-state index is 0.0374. The van der Waals surface area contributed by atoms with Gasteiger partial charge in [0.05, 0.1) is 18.5 Å². The van der Waals surface area contributed by atoms with Gasteiger partial charge in [-0.15, -0.1) is 11.3 Å². The minimum Gasteiger partial charge on any atom is -0.507 e. The summed E-state index contributed by atoms with van der Waals surface area (Å²) in [7, 11) is 0. The summed E-state index contributed by atoms with van der Waals surface area (Å²) in [5.74, 6) is 0.0224. The molecular weight excluding hydrogens is 658 g/mol. The number of carbonyl (C=O) groups excluding carboxylic acids is 2. The number of hydrogen-bond donors (Lipinski definition) is 4. The molecule has 6 rings (SSSR count). The van der Waals surface area contributed by atoms with E-state index in [4.69, 9.17) is 9.72 Å². The molecule has 50 heavy (non-hydrogen) atoms. The number of benzene rings is 4. The summed E-state index contributed by atoms with van der Waals surface area (Å²) in [6.45, 7) is 4.40. The van der Waals surface area contributed by atoms with E-state index in [-0.39, 0.29) is 24.0 Å². The lowest BCUT2D eigenvalue weighted by atomic mass is 10.2. The molecule has 4 aromatic carbocycles. The van der Waals surface area contributed by atoms with Crippen molar-refractivity contribution in [3.63, 3.8) is 0 Å². The molecule has 1 aliphatic rings. The van der Waals surface area contributed by atoms with E-state index in [1.807, 2.05) is 54.6 Å². The molecule has 0 aliphatic carbocycles. The fraction of sp³-hybridized carbons (Fsp3) is 0.189. The van der Waals surface area contributed by atoms with Gasteiger partial charge in [0.1, 0.15) is 28.9 Å². The molecule has 0 atom stereocenters. The van der Waals surface area contributed by atoms with Crippen molar-refractivity contribution in [2.45, 2.75) is 13.2 Å². The lowest BCUT2D eigenvalue weighted by molar-refractivity contribution is -0.122. The quantitative estimate of drug-likeness (QED) is 0.0912. The van der Waals surface area contributed by atoms with Crippen LogP contribution in [0.1, 0.15) is 16.8 Å². The lowest BCUT2D eigenvalue weighted by Crippen LogP contribution is -2.48. The molecule has 3 amide bonds. The number of phenols is 1. The number of amides is 3. The van der Waals surface area contributed by atoms with E-state index >= 15 is 0 Å². The Morgan fingerprint density at radius 1 is 0.900 bits per heavy atom. The minimum atomic E-state index is -0.417. The normalized spacial score (nSPS) is 13.6. The first-order valence-electron chi connectivity index (χ1n) is 16.0. The molecule has 1 aliphatic heterocycles. The van der Waals surface area contributed by atoms with Crippen LogP contribution in [0.15, 0.2) is 108 Å². The molecule has 13 heteroatoms. The van der Waals surface area contributed by atoms with Crippen LogP contribution in [0.2, 0.25) is 0 Å². The Hall–Kier alpha value is -5.63. The molecule has 256 valence electrons. The molecule has 1 saturated heterocycles. The van der Waals surface area contributed by atoms with E-state index in [1.165, 1.54) is 36.5 Å². The molecule has 2 heterocycles. The van der Waals surface area contributed by atoms with E-state index in [0.717, 1.165) is 48.0 Å². The van der Waals surface area contributed by atoms with Crippen LogP contribution in [0.4, 0.5) is 20.6 Å². The van der Waals surface area contributed by atoms with Gasteiger partial charge in [0, 0.05) is 60.6 Å². The number of ether oxygens (including phenoxy) is 1. The number of piperazine rings is 1. The molecule has 0 unspecified atom stereocenters. The third-order valence-corrected chi connectivity index (χ3v) is 8.84. The number of phenolic OH excluding ortho intramolecular Hbond substituents is 1. The number of aromatic nitrogens is 1. The van der Waals surface area contributed by atoms with Crippen LogP contribution in [0, 0.1) is 5.82 Å². The van der Waals surface area contributed by atoms with Crippen LogP contribution >= 0.6 is 11.3 Å². The Balaban J connectivity index is 0.907. The smallest absolute Gasteiger partial charge is 0.323 e. The molecular formula is C37H36FN7O4S. The average molecular weight is 694 g/mol. The first kappa shape index (κ1) is 34.2. The lowest BCUT2D eigenvalue weighted by Gasteiger charge is -2.33. The summed E-state index contributed by atoms with van der Waals surface area (Å²) >= 11 is 1.56. The highest BCUT2D eigenvalue weighted by Crippen LogP contribution is 2.26. The van der Waals surface area contributed by atoms with Crippen molar-refractivity contribution < 1.29 is 23.8 Å². The molecule has 5 aromatic rings. The second-order valence-electron chi connectivity index (χ2n) is 11.6. The van der Waals surface area contributed by atoms with Gasteiger partial charge in [0.25, 0.3) is 5.91 Å². The van der Waals surface area contributed by atoms with Gasteiger partial charge in [0.2, 0.25) is 0 Å². The highest BCUT2D eigenvalue weighted by atomic mass is 32.1. The standard InChI is InChI=1S/C37H36FN7O4S/c38-29-8-12-31(13-9-29)42-37(48)41-30-10-6-27(7-11-30)36-40-32(25-50-36)22-44-16-18-45(19-17-44)23-35(47)43-39-21-28-20-33(14-15-34(28)46)49-24-26-4-2-1-3-5-26/h1-15,20-21,25,46H,16-19,22-24H2,(H,43,47)(H2,41,42,48)/b39-21+. The summed E-state index contributed by atoms with van der Waals surface area (Å²) in [5.41, 5.74) is 7.07. The highest BCUT2D eigenvalue weighted by Gasteiger charge is 2.20. The Bertz CT molecular complexity index is 1910. The molecule has 11 nitrogen and oxygen atoms in total. The van der Waals surface area contributed by atoms with E-state index in [2.05, 4.69) is 36.3 Å². The highest BCUT2D eigenvalue weighted by molar-refractivity contribution is 7.13. The van der Waals surface area contributed by atoms with Crippen molar-refractivity contribution in [3.8, 4) is 22.1 Å². The first-order valence-corrected chi connectivity index (χ1v) is 16.9. The largest absolute Gasteiger partial charge is 0.507 e. The van der Waals surface area contributed by atoms with Crippen molar-refractivity contribution in [1.82, 2.24) is 20.2 Å². The van der Waals surface area contributed by atoms with Gasteiger partial charge >= 0.3 is 6.03 Å². The summed E-state index contributed by atoms with van der Waals surface area (Å²) in [6, 6.07) is 27.3. The Morgan fingerprint density at radius 3 is 2.30 bits per heavy atom. The number of rotatable bonds is 12. The van der Waals surface area contributed by atoms with Gasteiger partial charge in [-0.05, 0) is 72.3 Å². The summed E-state index contributed by atoms with van der Waals surface area (Å²) in [6.07, 6.45) is 1.41. The molecule has 0 saturated carbocycles. The maximum atomic E-state index is 13.1. The number of nitrogens with zero attached hydrogens (tertiary/aromatic N) is 4. The monoisotopic (exact) mass is 693 g/mol. The summed E-state index contributed by atoms with van der Waals surface area (Å²) in [5, 5.41) is 22.6. The maximum Gasteiger partial charge on any atom is 0.323 e. The predicted molar refractivity (Wildman–Crippen MR) is 193 cm³/mol. The zero-order valence-electron chi connectivity index (χ0n) is 27.1. The maximum absolute atomic E-state index is 13.1.